The van der Waals surface area contributed by atoms with Crippen molar-refractivity contribution < 1.29 is 4.79 Å². The lowest BCUT2D eigenvalue weighted by Gasteiger charge is -2.31. The molecule has 1 aliphatic rings. The molecule has 0 bridgehead atoms. The van der Waals surface area contributed by atoms with Crippen LogP contribution in [0.15, 0.2) is 18.2 Å². The van der Waals surface area contributed by atoms with E-state index in [0.29, 0.717) is 21.7 Å². The average molecular weight is 353 g/mol. The molecule has 2 amide bonds. The van der Waals surface area contributed by atoms with E-state index in [1.165, 1.54) is 0 Å². The van der Waals surface area contributed by atoms with Crippen molar-refractivity contribution in [1.29, 1.82) is 0 Å². The lowest BCUT2D eigenvalue weighted by molar-refractivity contribution is 0.180. The van der Waals surface area contributed by atoms with Crippen LogP contribution < -0.4 is 11.1 Å². The molecule has 0 unspecified atom stereocenters. The van der Waals surface area contributed by atoms with E-state index in [4.69, 9.17) is 28.9 Å². The van der Waals surface area contributed by atoms with Crippen molar-refractivity contribution in [3.8, 4) is 0 Å². The third kappa shape index (κ3) is 5.22. The van der Waals surface area contributed by atoms with E-state index in [0.717, 1.165) is 38.9 Å². The number of hydrogen-bond acceptors (Lipinski definition) is 2. The predicted molar refractivity (Wildman–Crippen MR) is 90.7 cm³/mol. The number of nitrogens with zero attached hydrogens (tertiary/aromatic N) is 1. The molecule has 0 radical (unpaired) electrons. The second-order valence-corrected chi connectivity index (χ2v) is 5.88. The van der Waals surface area contributed by atoms with E-state index in [1.807, 2.05) is 4.90 Å². The first-order chi connectivity index (χ1) is 9.60. The van der Waals surface area contributed by atoms with Crippen LogP contribution in [0.1, 0.15) is 19.3 Å². The van der Waals surface area contributed by atoms with Crippen LogP contribution in [0.3, 0.4) is 0 Å². The van der Waals surface area contributed by atoms with E-state index >= 15 is 0 Å². The Morgan fingerprint density at radius 2 is 1.95 bits per heavy atom. The van der Waals surface area contributed by atoms with E-state index in [9.17, 15) is 4.79 Å². The van der Waals surface area contributed by atoms with Crippen molar-refractivity contribution >= 4 is 47.3 Å². The smallest absolute Gasteiger partial charge is 0.321 e. The summed E-state index contributed by atoms with van der Waals surface area (Å²) < 4.78 is 0. The Labute approximate surface area is 141 Å². The number of rotatable bonds is 3. The third-order valence-corrected chi connectivity index (χ3v) is 4.39. The van der Waals surface area contributed by atoms with Gasteiger partial charge in [0, 0.05) is 18.8 Å². The molecule has 1 saturated heterocycles. The van der Waals surface area contributed by atoms with Crippen molar-refractivity contribution in [2.24, 2.45) is 11.7 Å². The zero-order valence-electron chi connectivity index (χ0n) is 11.6. The summed E-state index contributed by atoms with van der Waals surface area (Å²) >= 11 is 11.8. The topological polar surface area (TPSA) is 58.4 Å². The highest BCUT2D eigenvalue weighted by Crippen LogP contribution is 2.26. The van der Waals surface area contributed by atoms with Crippen LogP contribution >= 0.6 is 35.6 Å². The number of nitrogens with one attached hydrogen (secondary N) is 1. The highest BCUT2D eigenvalue weighted by Gasteiger charge is 2.22. The van der Waals surface area contributed by atoms with Crippen LogP contribution in [-0.2, 0) is 0 Å². The van der Waals surface area contributed by atoms with E-state index in [-0.39, 0.29) is 18.4 Å². The monoisotopic (exact) mass is 351 g/mol. The Morgan fingerprint density at radius 1 is 1.29 bits per heavy atom. The van der Waals surface area contributed by atoms with Crippen LogP contribution in [0, 0.1) is 5.92 Å². The minimum Gasteiger partial charge on any atom is -0.330 e. The van der Waals surface area contributed by atoms with E-state index in [1.54, 1.807) is 18.2 Å². The van der Waals surface area contributed by atoms with Gasteiger partial charge in [-0.3, -0.25) is 0 Å². The number of halogens is 3. The van der Waals surface area contributed by atoms with Crippen molar-refractivity contribution in [3.05, 3.63) is 28.2 Å². The van der Waals surface area contributed by atoms with Gasteiger partial charge in [-0.05, 0) is 49.9 Å². The summed E-state index contributed by atoms with van der Waals surface area (Å²) in [6.45, 7) is 2.27. The first kappa shape index (κ1) is 18.4. The summed E-state index contributed by atoms with van der Waals surface area (Å²) in [6, 6.07) is 4.98. The molecule has 2 rings (SSSR count). The van der Waals surface area contributed by atoms with Crippen LogP contribution in [0.4, 0.5) is 10.5 Å². The van der Waals surface area contributed by atoms with Gasteiger partial charge in [0.15, 0.2) is 0 Å². The maximum Gasteiger partial charge on any atom is 0.321 e. The molecule has 21 heavy (non-hydrogen) atoms. The van der Waals surface area contributed by atoms with Crippen molar-refractivity contribution in [1.82, 2.24) is 4.90 Å². The third-order valence-electron chi connectivity index (χ3n) is 3.65. The van der Waals surface area contributed by atoms with Gasteiger partial charge in [0.1, 0.15) is 0 Å². The molecule has 7 heteroatoms. The van der Waals surface area contributed by atoms with Crippen molar-refractivity contribution in [3.63, 3.8) is 0 Å². The van der Waals surface area contributed by atoms with Gasteiger partial charge >= 0.3 is 6.03 Å². The van der Waals surface area contributed by atoms with Crippen molar-refractivity contribution in [2.45, 2.75) is 19.3 Å². The van der Waals surface area contributed by atoms with Crippen LogP contribution in [0.2, 0.25) is 10.0 Å². The summed E-state index contributed by atoms with van der Waals surface area (Å²) in [7, 11) is 0. The number of likely N-dealkylation sites (tertiary alicyclic amines) is 1. The molecule has 0 aromatic heterocycles. The quantitative estimate of drug-likeness (QED) is 0.863. The fourth-order valence-corrected chi connectivity index (χ4v) is 2.73. The summed E-state index contributed by atoms with van der Waals surface area (Å²) in [5.74, 6) is 0.647. The van der Waals surface area contributed by atoms with Crippen LogP contribution in [0.25, 0.3) is 0 Å². The molecule has 3 N–H and O–H groups in total. The molecule has 1 aromatic rings. The molecule has 4 nitrogen and oxygen atoms in total. The largest absolute Gasteiger partial charge is 0.330 e. The number of piperidine rings is 1. The number of carbonyl (C=O) groups is 1. The lowest BCUT2D eigenvalue weighted by Crippen LogP contribution is -2.41. The average Bonchev–Trinajstić information content (AvgIpc) is 2.44. The molecule has 1 aliphatic heterocycles. The van der Waals surface area contributed by atoms with Gasteiger partial charge in [-0.15, -0.1) is 12.4 Å². The molecular weight excluding hydrogens is 333 g/mol. The predicted octanol–water partition coefficient (Wildman–Crippen LogP) is 4.01. The molecule has 1 fully saturated rings. The van der Waals surface area contributed by atoms with Gasteiger partial charge in [0.05, 0.1) is 10.0 Å². The first-order valence-electron chi connectivity index (χ1n) is 6.81. The Balaban J connectivity index is 0.00000220. The Kier molecular flexibility index (Phi) is 7.60. The fraction of sp³-hybridized carbons (Fsp3) is 0.500. The van der Waals surface area contributed by atoms with E-state index in [2.05, 4.69) is 5.32 Å². The molecule has 1 aromatic carbocycles. The van der Waals surface area contributed by atoms with Gasteiger partial charge in [-0.1, -0.05) is 23.2 Å². The first-order valence-corrected chi connectivity index (χ1v) is 7.57. The summed E-state index contributed by atoms with van der Waals surface area (Å²) in [5, 5.41) is 3.76. The molecule has 0 aliphatic carbocycles. The zero-order valence-corrected chi connectivity index (χ0v) is 14.0. The maximum absolute atomic E-state index is 12.1. The SMILES string of the molecule is Cl.NCCC1CCN(C(=O)Nc2ccc(Cl)c(Cl)c2)CC1. The lowest BCUT2D eigenvalue weighted by atomic mass is 9.94. The van der Waals surface area contributed by atoms with Gasteiger partial charge in [-0.2, -0.15) is 0 Å². The summed E-state index contributed by atoms with van der Waals surface area (Å²) in [4.78, 5) is 14.0. The van der Waals surface area contributed by atoms with Crippen LogP contribution in [-0.4, -0.2) is 30.6 Å². The van der Waals surface area contributed by atoms with Gasteiger partial charge in [-0.25, -0.2) is 4.79 Å². The Morgan fingerprint density at radius 3 is 2.52 bits per heavy atom. The summed E-state index contributed by atoms with van der Waals surface area (Å²) in [6.07, 6.45) is 3.08. The van der Waals surface area contributed by atoms with Gasteiger partial charge < -0.3 is 16.0 Å². The molecule has 0 atom stereocenters. The second kappa shape index (κ2) is 8.69. The zero-order chi connectivity index (χ0) is 14.5. The fourth-order valence-electron chi connectivity index (χ4n) is 2.44. The number of hydrogen-bond donors (Lipinski definition) is 2. The second-order valence-electron chi connectivity index (χ2n) is 5.07. The van der Waals surface area contributed by atoms with Gasteiger partial charge in [0.25, 0.3) is 0 Å². The normalized spacial score (nSPS) is 15.5. The standard InChI is InChI=1S/C14H19Cl2N3O.ClH/c15-12-2-1-11(9-13(12)16)18-14(20)19-7-4-10(3-6-17)5-8-19;/h1-2,9-10H,3-8,17H2,(H,18,20);1H. The van der Waals surface area contributed by atoms with E-state index < -0.39 is 0 Å². The van der Waals surface area contributed by atoms with Gasteiger partial charge in [0.2, 0.25) is 0 Å². The number of anilines is 1. The van der Waals surface area contributed by atoms with Crippen LogP contribution in [0.5, 0.6) is 0 Å². The highest BCUT2D eigenvalue weighted by molar-refractivity contribution is 6.42. The Bertz CT molecular complexity index is 477. The number of benzene rings is 1. The molecule has 0 spiro atoms. The minimum absolute atomic E-state index is 0. The highest BCUT2D eigenvalue weighted by atomic mass is 35.5. The molecular formula is C14H20Cl3N3O. The van der Waals surface area contributed by atoms with Crippen molar-refractivity contribution in [2.75, 3.05) is 25.0 Å². The number of amides is 2. The number of urea groups is 1. The summed E-state index contributed by atoms with van der Waals surface area (Å²) in [5.41, 5.74) is 6.23. The Hall–Kier alpha value is -0.680. The molecule has 0 saturated carbocycles. The minimum atomic E-state index is -0.0883. The number of nitrogens with two attached hydrogens (primary N) is 1. The molecule has 1 heterocycles. The number of carbonyl (C=O) groups excluding carboxylic acids is 1. The maximum atomic E-state index is 12.1. The molecule has 118 valence electrons.